The standard InChI is InChI=1S/C29H29ClF2N2O4/c1-19-13-24(37-12-4-11-34-9-2-3-10-34)6-7-26(19)33-28(35)18-38-27-8-5-21(30)16-25(27)29(36)20-14-22(31)17-23(32)15-20/h5-8,13-17H,2-4,9-12,18H2,1H3,(H,33,35). The zero-order valence-electron chi connectivity index (χ0n) is 21.1. The summed E-state index contributed by atoms with van der Waals surface area (Å²) in [6.45, 7) is 5.46. The first kappa shape index (κ1) is 27.5. The predicted molar refractivity (Wildman–Crippen MR) is 142 cm³/mol. The molecule has 1 aliphatic rings. The van der Waals surface area contributed by atoms with Crippen molar-refractivity contribution in [1.82, 2.24) is 4.90 Å². The summed E-state index contributed by atoms with van der Waals surface area (Å²) in [5, 5.41) is 3.01. The molecule has 0 aliphatic carbocycles. The molecule has 0 atom stereocenters. The van der Waals surface area contributed by atoms with Crippen molar-refractivity contribution in [2.45, 2.75) is 26.2 Å². The van der Waals surface area contributed by atoms with Gasteiger partial charge < -0.3 is 19.7 Å². The highest BCUT2D eigenvalue weighted by Crippen LogP contribution is 2.27. The summed E-state index contributed by atoms with van der Waals surface area (Å²) in [4.78, 5) is 27.9. The molecule has 38 heavy (non-hydrogen) atoms. The molecule has 6 nitrogen and oxygen atoms in total. The number of anilines is 1. The van der Waals surface area contributed by atoms with Crippen LogP contribution in [0.3, 0.4) is 0 Å². The van der Waals surface area contributed by atoms with E-state index in [1.807, 2.05) is 13.0 Å². The SMILES string of the molecule is Cc1cc(OCCCN2CCCC2)ccc1NC(=O)COc1ccc(Cl)cc1C(=O)c1cc(F)cc(F)c1. The fourth-order valence-corrected chi connectivity index (χ4v) is 4.50. The fourth-order valence-electron chi connectivity index (χ4n) is 4.33. The van der Waals surface area contributed by atoms with Crippen LogP contribution >= 0.6 is 11.6 Å². The topological polar surface area (TPSA) is 67.9 Å². The van der Waals surface area contributed by atoms with Gasteiger partial charge >= 0.3 is 0 Å². The Balaban J connectivity index is 1.33. The smallest absolute Gasteiger partial charge is 0.262 e. The van der Waals surface area contributed by atoms with Crippen LogP contribution in [0.5, 0.6) is 11.5 Å². The number of carbonyl (C=O) groups excluding carboxylic acids is 2. The number of aryl methyl sites for hydroxylation is 1. The van der Waals surface area contributed by atoms with E-state index in [0.29, 0.717) is 18.4 Å². The Labute approximate surface area is 225 Å². The van der Waals surface area contributed by atoms with Crippen molar-refractivity contribution in [2.24, 2.45) is 0 Å². The highest BCUT2D eigenvalue weighted by Gasteiger charge is 2.18. The maximum absolute atomic E-state index is 13.6. The number of carbonyl (C=O) groups is 2. The average molecular weight is 543 g/mol. The maximum Gasteiger partial charge on any atom is 0.262 e. The Hall–Kier alpha value is -3.49. The minimum absolute atomic E-state index is 0.0160. The molecule has 0 spiro atoms. The van der Waals surface area contributed by atoms with Crippen molar-refractivity contribution in [1.29, 1.82) is 0 Å². The minimum atomic E-state index is -0.883. The van der Waals surface area contributed by atoms with Gasteiger partial charge in [-0.3, -0.25) is 9.59 Å². The number of halogens is 3. The molecule has 0 saturated carbocycles. The number of benzene rings is 3. The van der Waals surface area contributed by atoms with Gasteiger partial charge in [-0.15, -0.1) is 0 Å². The summed E-state index contributed by atoms with van der Waals surface area (Å²) in [5.41, 5.74) is 1.21. The third kappa shape index (κ3) is 7.52. The number of ketones is 1. The zero-order chi connectivity index (χ0) is 27.1. The van der Waals surface area contributed by atoms with E-state index in [4.69, 9.17) is 21.1 Å². The fraction of sp³-hybridized carbons (Fsp3) is 0.310. The molecule has 3 aromatic carbocycles. The lowest BCUT2D eigenvalue weighted by Gasteiger charge is -2.15. The Morgan fingerprint density at radius 3 is 2.42 bits per heavy atom. The molecule has 0 bridgehead atoms. The number of nitrogens with one attached hydrogen (secondary N) is 1. The Bertz CT molecular complexity index is 1290. The lowest BCUT2D eigenvalue weighted by Crippen LogP contribution is -2.22. The first-order valence-corrected chi connectivity index (χ1v) is 12.8. The first-order valence-electron chi connectivity index (χ1n) is 12.5. The largest absolute Gasteiger partial charge is 0.494 e. The van der Waals surface area contributed by atoms with E-state index in [0.717, 1.165) is 36.4 Å². The second-order valence-electron chi connectivity index (χ2n) is 9.19. The number of rotatable bonds is 11. The molecule has 0 radical (unpaired) electrons. The lowest BCUT2D eigenvalue weighted by molar-refractivity contribution is -0.118. The van der Waals surface area contributed by atoms with Crippen molar-refractivity contribution >= 4 is 29.0 Å². The number of hydrogen-bond donors (Lipinski definition) is 1. The number of ether oxygens (including phenoxy) is 2. The monoisotopic (exact) mass is 542 g/mol. The second kappa shape index (κ2) is 12.8. The third-order valence-electron chi connectivity index (χ3n) is 6.23. The summed E-state index contributed by atoms with van der Waals surface area (Å²) >= 11 is 6.03. The third-order valence-corrected chi connectivity index (χ3v) is 6.46. The van der Waals surface area contributed by atoms with E-state index >= 15 is 0 Å². The quantitative estimate of drug-likeness (QED) is 0.236. The molecular formula is C29H29ClF2N2O4. The summed E-state index contributed by atoms with van der Waals surface area (Å²) in [6.07, 6.45) is 3.50. The summed E-state index contributed by atoms with van der Waals surface area (Å²) < 4.78 is 38.7. The normalized spacial score (nSPS) is 13.4. The molecule has 4 rings (SSSR count). The van der Waals surface area contributed by atoms with Crippen LogP contribution in [0.25, 0.3) is 0 Å². The minimum Gasteiger partial charge on any atom is -0.494 e. The van der Waals surface area contributed by atoms with E-state index in [2.05, 4.69) is 10.2 Å². The van der Waals surface area contributed by atoms with Crippen LogP contribution in [0.2, 0.25) is 5.02 Å². The zero-order valence-corrected chi connectivity index (χ0v) is 21.8. The highest BCUT2D eigenvalue weighted by molar-refractivity contribution is 6.31. The summed E-state index contributed by atoms with van der Waals surface area (Å²) in [5.74, 6) is -2.10. The number of amides is 1. The molecule has 1 heterocycles. The number of hydrogen-bond acceptors (Lipinski definition) is 5. The van der Waals surface area contributed by atoms with Gasteiger partial charge in [0.05, 0.1) is 12.2 Å². The molecule has 1 fully saturated rings. The Kier molecular flexibility index (Phi) is 9.31. The van der Waals surface area contributed by atoms with Gasteiger partial charge in [-0.25, -0.2) is 8.78 Å². The van der Waals surface area contributed by atoms with Gasteiger partial charge in [-0.1, -0.05) is 11.6 Å². The summed E-state index contributed by atoms with van der Waals surface area (Å²) in [7, 11) is 0. The lowest BCUT2D eigenvalue weighted by atomic mass is 10.0. The molecule has 1 amide bonds. The molecule has 9 heteroatoms. The van der Waals surface area contributed by atoms with Crippen LogP contribution in [-0.4, -0.2) is 49.4 Å². The van der Waals surface area contributed by atoms with Gasteiger partial charge in [-0.2, -0.15) is 0 Å². The van der Waals surface area contributed by atoms with Crippen molar-refractivity contribution in [2.75, 3.05) is 38.2 Å². The van der Waals surface area contributed by atoms with E-state index in [1.54, 1.807) is 12.1 Å². The molecule has 1 saturated heterocycles. The van der Waals surface area contributed by atoms with Crippen LogP contribution < -0.4 is 14.8 Å². The maximum atomic E-state index is 13.6. The van der Waals surface area contributed by atoms with Gasteiger partial charge in [0, 0.05) is 28.9 Å². The summed E-state index contributed by atoms with van der Waals surface area (Å²) in [6, 6.07) is 12.2. The van der Waals surface area contributed by atoms with Crippen LogP contribution in [0.15, 0.2) is 54.6 Å². The van der Waals surface area contributed by atoms with Crippen molar-refractivity contribution in [3.8, 4) is 11.5 Å². The van der Waals surface area contributed by atoms with Crippen LogP contribution in [0.4, 0.5) is 14.5 Å². The number of nitrogens with zero attached hydrogens (tertiary/aromatic N) is 1. The average Bonchev–Trinajstić information content (AvgIpc) is 3.40. The van der Waals surface area contributed by atoms with Crippen molar-refractivity contribution in [3.05, 3.63) is 87.9 Å². The first-order chi connectivity index (χ1) is 18.3. The van der Waals surface area contributed by atoms with Crippen molar-refractivity contribution < 1.29 is 27.8 Å². The van der Waals surface area contributed by atoms with E-state index < -0.39 is 29.9 Å². The second-order valence-corrected chi connectivity index (χ2v) is 9.63. The predicted octanol–water partition coefficient (Wildman–Crippen LogP) is 6.04. The van der Waals surface area contributed by atoms with E-state index in [9.17, 15) is 18.4 Å². The highest BCUT2D eigenvalue weighted by atomic mass is 35.5. The van der Waals surface area contributed by atoms with Crippen LogP contribution in [-0.2, 0) is 4.79 Å². The number of likely N-dealkylation sites (tertiary alicyclic amines) is 1. The Morgan fingerprint density at radius 1 is 0.974 bits per heavy atom. The molecular weight excluding hydrogens is 514 g/mol. The van der Waals surface area contributed by atoms with E-state index in [-0.39, 0.29) is 21.9 Å². The van der Waals surface area contributed by atoms with Gasteiger partial charge in [0.2, 0.25) is 0 Å². The molecule has 0 unspecified atom stereocenters. The van der Waals surface area contributed by atoms with E-state index in [1.165, 1.54) is 44.1 Å². The molecule has 200 valence electrons. The van der Waals surface area contributed by atoms with Crippen LogP contribution in [0, 0.1) is 18.6 Å². The van der Waals surface area contributed by atoms with Gasteiger partial charge in [0.25, 0.3) is 5.91 Å². The van der Waals surface area contributed by atoms with Crippen LogP contribution in [0.1, 0.15) is 40.7 Å². The van der Waals surface area contributed by atoms with Gasteiger partial charge in [0.1, 0.15) is 23.1 Å². The molecule has 3 aromatic rings. The Morgan fingerprint density at radius 2 is 1.71 bits per heavy atom. The molecule has 0 aromatic heterocycles. The van der Waals surface area contributed by atoms with Gasteiger partial charge in [0.15, 0.2) is 12.4 Å². The van der Waals surface area contributed by atoms with Gasteiger partial charge in [-0.05, 0) is 93.4 Å². The van der Waals surface area contributed by atoms with Crippen molar-refractivity contribution in [3.63, 3.8) is 0 Å². The molecule has 1 N–H and O–H groups in total. The molecule has 1 aliphatic heterocycles.